The molecule has 5 aromatic carbocycles. The molecule has 0 unspecified atom stereocenters. The monoisotopic (exact) mass is 1390 g/mol. The number of benzene rings is 5. The molecular formula is C58H37F9N16O4Pt. The standard InChI is InChI=1S/C12H7F3N4.C12H6F3N4.C12H7F3N2O2.C12H9N4.C10H8N2O2.Pt/c2*13-12(14,15)10-5-9(18-19-10)11-16-6-7-3-1-2-4-8(7)17-11;13-12(14,15)10(19)5-9(18)11-16-6-7-3-1-2-4-8(7)17-11;1-8-6-11(16-15-8)12-13-7-9-4-2-3-5-10(9)14-12;1-14-10(13)9-11-6-7-4-2-3-5-8(7)12-9;/h1-6H,(H,18,19);1-6H;1-4,6H,5H2;2-7H,1H3;2-6H,1H3;/q;-1;;-1;;+2. The van der Waals surface area contributed by atoms with E-state index in [0.29, 0.717) is 27.8 Å². The van der Waals surface area contributed by atoms with Gasteiger partial charge in [-0.05, 0) is 49.4 Å². The minimum Gasteiger partial charge on any atom is -0.572 e. The maximum Gasteiger partial charge on any atom is 2.00 e. The molecule has 0 aliphatic carbocycles. The normalized spacial score (nSPS) is 11.2. The Bertz CT molecular complexity index is 4470. The van der Waals surface area contributed by atoms with Crippen molar-refractivity contribution in [3.05, 3.63) is 199 Å². The molecule has 0 amide bonds. The van der Waals surface area contributed by atoms with E-state index >= 15 is 0 Å². The number of aromatic nitrogens is 16. The van der Waals surface area contributed by atoms with Gasteiger partial charge in [-0.15, -0.1) is 0 Å². The van der Waals surface area contributed by atoms with Crippen molar-refractivity contribution in [1.82, 2.24) is 80.4 Å². The quantitative estimate of drug-likeness (QED) is 0.0672. The minimum absolute atomic E-state index is 0. The molecule has 1 N–H and O–H groups in total. The van der Waals surface area contributed by atoms with Gasteiger partial charge in [0.15, 0.2) is 11.6 Å². The molecule has 13 aromatic rings. The van der Waals surface area contributed by atoms with Gasteiger partial charge in [-0.2, -0.15) is 44.6 Å². The number of nitrogens with zero attached hydrogens (tertiary/aromatic N) is 15. The van der Waals surface area contributed by atoms with E-state index in [1.54, 1.807) is 67.1 Å². The van der Waals surface area contributed by atoms with Gasteiger partial charge >= 0.3 is 45.6 Å². The van der Waals surface area contributed by atoms with Gasteiger partial charge in [-0.1, -0.05) is 108 Å². The maximum atomic E-state index is 12.5. The third-order valence-electron chi connectivity index (χ3n) is 11.8. The first kappa shape index (κ1) is 63.3. The molecule has 0 fully saturated rings. The average molecular weight is 1390 g/mol. The number of rotatable bonds is 7. The molecule has 446 valence electrons. The molecule has 0 aliphatic rings. The summed E-state index contributed by atoms with van der Waals surface area (Å²) in [6.07, 6.45) is -7.43. The molecule has 0 radical (unpaired) electrons. The number of aryl methyl sites for hydroxylation is 1. The summed E-state index contributed by atoms with van der Waals surface area (Å²) in [5.41, 5.74) is 3.12. The topological polar surface area (TPSA) is 272 Å². The van der Waals surface area contributed by atoms with E-state index in [9.17, 15) is 53.9 Å². The molecule has 30 heteroatoms. The van der Waals surface area contributed by atoms with Crippen molar-refractivity contribution in [2.45, 2.75) is 31.9 Å². The summed E-state index contributed by atoms with van der Waals surface area (Å²) >= 11 is 0. The van der Waals surface area contributed by atoms with Crippen LogP contribution in [0.25, 0.3) is 89.1 Å². The fourth-order valence-corrected chi connectivity index (χ4v) is 7.50. The second kappa shape index (κ2) is 27.6. The van der Waals surface area contributed by atoms with Crippen LogP contribution in [0.5, 0.6) is 0 Å². The number of methoxy groups -OCH3 is 1. The molecule has 0 saturated carbocycles. The van der Waals surface area contributed by atoms with Gasteiger partial charge in [-0.3, -0.25) is 14.7 Å². The van der Waals surface area contributed by atoms with Crippen molar-refractivity contribution in [2.24, 2.45) is 0 Å². The summed E-state index contributed by atoms with van der Waals surface area (Å²) in [5.74, 6) is -3.06. The van der Waals surface area contributed by atoms with Crippen LogP contribution in [0.15, 0.2) is 171 Å². The van der Waals surface area contributed by atoms with Gasteiger partial charge in [0.1, 0.15) is 28.7 Å². The molecule has 20 nitrogen and oxygen atoms in total. The van der Waals surface area contributed by atoms with E-state index in [2.05, 4.69) is 80.1 Å². The third kappa shape index (κ3) is 16.2. The molecular weight excluding hydrogens is 1350 g/mol. The third-order valence-corrected chi connectivity index (χ3v) is 11.8. The first-order valence-electron chi connectivity index (χ1n) is 25.1. The Morgan fingerprint density at radius 2 is 0.886 bits per heavy atom. The maximum absolute atomic E-state index is 12.5. The molecule has 0 atom stereocenters. The zero-order valence-corrected chi connectivity index (χ0v) is 47.2. The van der Waals surface area contributed by atoms with Crippen LogP contribution in [0.2, 0.25) is 0 Å². The number of hydrogen-bond donors (Lipinski definition) is 1. The summed E-state index contributed by atoms with van der Waals surface area (Å²) in [5, 5.41) is 24.3. The number of esters is 1. The van der Waals surface area contributed by atoms with Crippen LogP contribution in [-0.4, -0.2) is 101 Å². The molecule has 0 aliphatic heterocycles. The van der Waals surface area contributed by atoms with Crippen molar-refractivity contribution in [2.75, 3.05) is 7.11 Å². The first-order valence-corrected chi connectivity index (χ1v) is 25.1. The van der Waals surface area contributed by atoms with Crippen LogP contribution in [0.4, 0.5) is 39.5 Å². The van der Waals surface area contributed by atoms with Crippen molar-refractivity contribution in [1.29, 1.82) is 0 Å². The predicted molar refractivity (Wildman–Crippen MR) is 294 cm³/mol. The molecule has 13 rings (SSSR count). The number of carbonyl (C=O) groups excluding carboxylic acids is 3. The largest absolute Gasteiger partial charge is 2.00 e. The number of H-pyrrole nitrogens is 1. The smallest absolute Gasteiger partial charge is 0.572 e. The van der Waals surface area contributed by atoms with Crippen molar-refractivity contribution < 1.29 is 79.7 Å². The second-order valence-electron chi connectivity index (χ2n) is 17.9. The number of fused-ring (bicyclic) bond motifs is 5. The Hall–Kier alpha value is -10.7. The number of aromatic amines is 1. The molecule has 88 heavy (non-hydrogen) atoms. The second-order valence-corrected chi connectivity index (χ2v) is 17.9. The van der Waals surface area contributed by atoms with Crippen LogP contribution in [0.3, 0.4) is 0 Å². The van der Waals surface area contributed by atoms with Crippen LogP contribution in [0.1, 0.15) is 44.7 Å². The zero-order chi connectivity index (χ0) is 61.9. The molecule has 8 heterocycles. The van der Waals surface area contributed by atoms with E-state index in [1.807, 2.05) is 97.1 Å². The van der Waals surface area contributed by atoms with Crippen molar-refractivity contribution >= 4 is 72.1 Å². The number of halogens is 9. The fraction of sp³-hybridized carbons (Fsp3) is 0.103. The summed E-state index contributed by atoms with van der Waals surface area (Å²) in [4.78, 5) is 73.8. The van der Waals surface area contributed by atoms with Gasteiger partial charge < -0.3 is 25.1 Å². The number of carbonyl (C=O) groups is 3. The Labute approximate surface area is 502 Å². The first-order chi connectivity index (χ1) is 41.6. The number of nitrogens with one attached hydrogen (secondary N) is 1. The van der Waals surface area contributed by atoms with E-state index in [4.69, 9.17) is 0 Å². The minimum atomic E-state index is -5.02. The Balaban J connectivity index is 0.000000143. The van der Waals surface area contributed by atoms with Crippen molar-refractivity contribution in [3.8, 4) is 34.6 Å². The van der Waals surface area contributed by atoms with Gasteiger partial charge in [0.2, 0.25) is 17.4 Å². The van der Waals surface area contributed by atoms with Crippen molar-refractivity contribution in [3.63, 3.8) is 0 Å². The molecule has 0 saturated heterocycles. The van der Waals surface area contributed by atoms with E-state index in [-0.39, 0.29) is 49.9 Å². The van der Waals surface area contributed by atoms with Crippen LogP contribution >= 0.6 is 0 Å². The predicted octanol–water partition coefficient (Wildman–Crippen LogP) is 11.4. The van der Waals surface area contributed by atoms with Crippen LogP contribution in [0, 0.1) is 6.92 Å². The Kier molecular flexibility index (Phi) is 19.8. The molecule has 0 spiro atoms. The van der Waals surface area contributed by atoms with Gasteiger partial charge in [-0.25, -0.2) is 54.6 Å². The Morgan fingerprint density at radius 1 is 0.489 bits per heavy atom. The summed E-state index contributed by atoms with van der Waals surface area (Å²) in [6, 6.07) is 40.1. The summed E-state index contributed by atoms with van der Waals surface area (Å²) in [7, 11) is 1.31. The van der Waals surface area contributed by atoms with Gasteiger partial charge in [0, 0.05) is 63.6 Å². The number of Topliss-reactive ketones (excluding diaryl/α,β-unsaturated/α-hetero) is 2. The summed E-state index contributed by atoms with van der Waals surface area (Å²) < 4.78 is 115. The van der Waals surface area contributed by atoms with E-state index in [1.165, 1.54) is 13.3 Å². The zero-order valence-electron chi connectivity index (χ0n) is 44.9. The van der Waals surface area contributed by atoms with E-state index in [0.717, 1.165) is 56.1 Å². The fourth-order valence-electron chi connectivity index (χ4n) is 7.50. The number of alkyl halides is 9. The van der Waals surface area contributed by atoms with E-state index < -0.39 is 59.7 Å². The number of hydrogen-bond acceptors (Lipinski definition) is 17. The number of ether oxygens (including phenoxy) is 1. The number of ketones is 2. The molecule has 8 aromatic heterocycles. The average Bonchev–Trinajstić information content (AvgIpc) is 4.52. The SMILES string of the molecule is COC(=O)c1ncc2ccccc2n1.Cc1cc(-c2ncc3ccccc3n2)[n-]n1.FC(F)(F)c1cc(-c2ncc3ccccc3n2)[n-]n1.FC(F)(F)c1cc(-c2ncc3ccccc3n2)n[nH]1.O=C(CC(=O)C(F)(F)F)c1ncc2ccccc2n1.[Pt+2]. The van der Waals surface area contributed by atoms with Crippen LogP contribution < -0.4 is 10.2 Å². The van der Waals surface area contributed by atoms with Crippen LogP contribution in [-0.2, 0) is 42.9 Å². The van der Waals surface area contributed by atoms with Gasteiger partial charge in [0.05, 0.1) is 41.1 Å². The van der Waals surface area contributed by atoms with Gasteiger partial charge in [0.25, 0.3) is 0 Å². The number of para-hydroxylation sites is 5. The summed E-state index contributed by atoms with van der Waals surface area (Å²) in [6.45, 7) is 1.90. The molecule has 0 bridgehead atoms. The Morgan fingerprint density at radius 3 is 1.30 bits per heavy atom.